The zero-order valence-electron chi connectivity index (χ0n) is 11.8. The fourth-order valence-corrected chi connectivity index (χ4v) is 4.37. The molecule has 0 fully saturated rings. The number of hydrogen-bond donors (Lipinski definition) is 1. The number of carbonyl (C=O) groups is 1. The van der Waals surface area contributed by atoms with Crippen LogP contribution in [0.3, 0.4) is 0 Å². The van der Waals surface area contributed by atoms with Gasteiger partial charge in [-0.15, -0.1) is 0 Å². The van der Waals surface area contributed by atoms with E-state index in [-0.39, 0.29) is 17.6 Å². The molecule has 0 aromatic heterocycles. The molecule has 102 valence electrons. The van der Waals surface area contributed by atoms with E-state index in [9.17, 15) is 9.90 Å². The average molecular weight is 359 g/mol. The third-order valence-electron chi connectivity index (χ3n) is 2.93. The molecule has 1 unspecified atom stereocenters. The molecule has 1 N–H and O–H groups in total. The maximum atomic E-state index is 11.9. The van der Waals surface area contributed by atoms with Gasteiger partial charge in [0.15, 0.2) is 0 Å². The van der Waals surface area contributed by atoms with Crippen molar-refractivity contribution in [2.24, 2.45) is 5.92 Å². The van der Waals surface area contributed by atoms with Crippen LogP contribution in [0.4, 0.5) is 0 Å². The van der Waals surface area contributed by atoms with E-state index < -0.39 is 18.4 Å². The van der Waals surface area contributed by atoms with E-state index in [2.05, 4.69) is 25.0 Å². The number of allylic oxidation sites excluding steroid dienone is 2. The monoisotopic (exact) mass is 360 g/mol. The Hall–Kier alpha value is -0.451. The van der Waals surface area contributed by atoms with Crippen molar-refractivity contribution >= 4 is 24.3 Å². The Morgan fingerprint density at radius 1 is 1.50 bits per heavy atom. The van der Waals surface area contributed by atoms with Crippen molar-refractivity contribution in [3.63, 3.8) is 0 Å². The minimum absolute atomic E-state index is 0.0359. The van der Waals surface area contributed by atoms with Gasteiger partial charge in [-0.05, 0) is 0 Å². The molecule has 1 aliphatic carbocycles. The average Bonchev–Trinajstić information content (AvgIpc) is 2.25. The van der Waals surface area contributed by atoms with Crippen molar-refractivity contribution in [3.05, 3.63) is 21.5 Å². The molecule has 1 aliphatic rings. The quantitative estimate of drug-likeness (QED) is 0.617. The van der Waals surface area contributed by atoms with Crippen LogP contribution in [0.15, 0.2) is 21.5 Å². The van der Waals surface area contributed by atoms with Crippen LogP contribution in [0.2, 0.25) is 14.8 Å². The summed E-state index contributed by atoms with van der Waals surface area (Å²) in [6, 6.07) is 0. The SMILES string of the molecule is CCOC(=O)C1=C(O)CCCC1/C=[CH]\[Sn]([CH3])([CH3])[CH3]. The van der Waals surface area contributed by atoms with Crippen LogP contribution < -0.4 is 0 Å². The fraction of sp³-hybridized carbons (Fsp3) is 0.643. The van der Waals surface area contributed by atoms with Gasteiger partial charge in [0.1, 0.15) is 0 Å². The molecule has 0 saturated heterocycles. The van der Waals surface area contributed by atoms with E-state index in [4.69, 9.17) is 4.74 Å². The van der Waals surface area contributed by atoms with Crippen molar-refractivity contribution in [1.82, 2.24) is 0 Å². The van der Waals surface area contributed by atoms with Gasteiger partial charge in [-0.25, -0.2) is 0 Å². The minimum atomic E-state index is -1.98. The van der Waals surface area contributed by atoms with Crippen molar-refractivity contribution < 1.29 is 14.6 Å². The zero-order chi connectivity index (χ0) is 13.8. The maximum absolute atomic E-state index is 11.9. The predicted molar refractivity (Wildman–Crippen MR) is 76.1 cm³/mol. The molecular weight excluding hydrogens is 335 g/mol. The molecule has 0 aromatic carbocycles. The summed E-state index contributed by atoms with van der Waals surface area (Å²) >= 11 is -1.98. The van der Waals surface area contributed by atoms with E-state index in [0.717, 1.165) is 12.8 Å². The van der Waals surface area contributed by atoms with E-state index >= 15 is 0 Å². The summed E-state index contributed by atoms with van der Waals surface area (Å²) in [5.74, 6) is -0.0966. The molecule has 3 nitrogen and oxygen atoms in total. The zero-order valence-corrected chi connectivity index (χ0v) is 14.7. The van der Waals surface area contributed by atoms with E-state index in [1.165, 1.54) is 0 Å². The Kier molecular flexibility index (Phi) is 5.76. The summed E-state index contributed by atoms with van der Waals surface area (Å²) in [7, 11) is 0. The summed E-state index contributed by atoms with van der Waals surface area (Å²) < 4.78 is 7.34. The van der Waals surface area contributed by atoms with Gasteiger partial charge in [0.25, 0.3) is 0 Å². The first-order valence-electron chi connectivity index (χ1n) is 6.63. The fourth-order valence-electron chi connectivity index (χ4n) is 2.06. The Labute approximate surface area is 114 Å². The first-order chi connectivity index (χ1) is 8.35. The molecule has 0 radical (unpaired) electrons. The molecule has 0 spiro atoms. The second kappa shape index (κ2) is 6.64. The topological polar surface area (TPSA) is 46.5 Å². The van der Waals surface area contributed by atoms with Crippen molar-refractivity contribution in [1.29, 1.82) is 0 Å². The molecule has 0 saturated carbocycles. The Bertz CT molecular complexity index is 364. The van der Waals surface area contributed by atoms with Crippen LogP contribution in [-0.4, -0.2) is 36.1 Å². The molecule has 0 heterocycles. The van der Waals surface area contributed by atoms with Gasteiger partial charge >= 0.3 is 114 Å². The number of ether oxygens (including phenoxy) is 1. The third kappa shape index (κ3) is 4.67. The summed E-state index contributed by atoms with van der Waals surface area (Å²) in [5.41, 5.74) is 0.481. The second-order valence-corrected chi connectivity index (χ2v) is 20.3. The summed E-state index contributed by atoms with van der Waals surface area (Å²) in [4.78, 5) is 18.8. The number of aliphatic hydroxyl groups is 1. The van der Waals surface area contributed by atoms with Crippen LogP contribution in [-0.2, 0) is 9.53 Å². The van der Waals surface area contributed by atoms with Gasteiger partial charge in [0.2, 0.25) is 0 Å². The van der Waals surface area contributed by atoms with E-state index in [1.807, 2.05) is 0 Å². The summed E-state index contributed by atoms with van der Waals surface area (Å²) in [5, 5.41) is 9.93. The molecule has 0 aromatic rings. The number of rotatable bonds is 4. The van der Waals surface area contributed by atoms with Crippen LogP contribution in [0, 0.1) is 5.92 Å². The van der Waals surface area contributed by atoms with Crippen molar-refractivity contribution in [2.45, 2.75) is 41.0 Å². The number of esters is 1. The Balaban J connectivity index is 2.92. The Morgan fingerprint density at radius 2 is 2.17 bits per heavy atom. The standard InChI is InChI=1S/C11H15O3.3CH3.Sn/c1-3-8-6-5-7-9(12)10(8)11(13)14-4-2;;;;/h1,3,8,12H,4-7H2,2H3;3*1H3;. The van der Waals surface area contributed by atoms with E-state index in [1.54, 1.807) is 6.92 Å². The van der Waals surface area contributed by atoms with Crippen molar-refractivity contribution in [3.8, 4) is 0 Å². The van der Waals surface area contributed by atoms with Crippen molar-refractivity contribution in [2.75, 3.05) is 6.61 Å². The summed E-state index contributed by atoms with van der Waals surface area (Å²) in [6.07, 6.45) is 4.58. The second-order valence-electron chi connectivity index (χ2n) is 5.80. The van der Waals surface area contributed by atoms with E-state index in [0.29, 0.717) is 18.6 Å². The number of hydrogen-bond acceptors (Lipinski definition) is 3. The van der Waals surface area contributed by atoms with Crippen LogP contribution in [0.25, 0.3) is 0 Å². The molecule has 4 heteroatoms. The molecule has 1 rings (SSSR count). The first kappa shape index (κ1) is 15.6. The van der Waals surface area contributed by atoms with Crippen LogP contribution in [0.5, 0.6) is 0 Å². The Morgan fingerprint density at radius 3 is 2.72 bits per heavy atom. The van der Waals surface area contributed by atoms with Crippen LogP contribution >= 0.6 is 0 Å². The van der Waals surface area contributed by atoms with Gasteiger partial charge in [-0.2, -0.15) is 0 Å². The first-order valence-corrected chi connectivity index (χ1v) is 16.8. The number of aliphatic hydroxyl groups excluding tert-OH is 1. The van der Waals surface area contributed by atoms with Gasteiger partial charge in [-0.3, -0.25) is 0 Å². The normalized spacial score (nSPS) is 21.4. The van der Waals surface area contributed by atoms with Gasteiger partial charge in [0, 0.05) is 0 Å². The molecular formula is C14H24O3Sn. The van der Waals surface area contributed by atoms with Gasteiger partial charge in [0.05, 0.1) is 0 Å². The molecule has 0 bridgehead atoms. The third-order valence-corrected chi connectivity index (χ3v) is 6.34. The van der Waals surface area contributed by atoms with Crippen LogP contribution in [0.1, 0.15) is 26.2 Å². The molecule has 0 amide bonds. The molecule has 18 heavy (non-hydrogen) atoms. The predicted octanol–water partition coefficient (Wildman–Crippen LogP) is 3.60. The van der Waals surface area contributed by atoms with Gasteiger partial charge < -0.3 is 0 Å². The molecule has 0 aliphatic heterocycles. The number of carbonyl (C=O) groups excluding carboxylic acids is 1. The van der Waals surface area contributed by atoms with Gasteiger partial charge in [-0.1, -0.05) is 0 Å². The summed E-state index contributed by atoms with van der Waals surface area (Å²) in [6.45, 7) is 2.14. The molecule has 1 atom stereocenters.